The van der Waals surface area contributed by atoms with Crippen molar-refractivity contribution in [3.8, 4) is 12.8 Å². The zero-order valence-electron chi connectivity index (χ0n) is 17.1. The molecule has 1 unspecified atom stereocenters. The fraction of sp³-hybridized carbons (Fsp3) is 0.524. The number of nitrogens with two attached hydrogens (primary N) is 1. The zero-order chi connectivity index (χ0) is 20.6. The summed E-state index contributed by atoms with van der Waals surface area (Å²) in [5, 5.41) is 0. The summed E-state index contributed by atoms with van der Waals surface area (Å²) in [5.74, 6) is -0.0504. The molecule has 1 aromatic carbocycles. The van der Waals surface area contributed by atoms with Crippen molar-refractivity contribution in [2.75, 3.05) is 0 Å². The minimum atomic E-state index is -0.328. The van der Waals surface area contributed by atoms with Gasteiger partial charge in [0.15, 0.2) is 5.78 Å². The lowest BCUT2D eigenvalue weighted by atomic mass is 10.1. The SMILES string of the molecule is C#C.CC.CC.CC(=O)OC(C)(C)C.NC1CC(=O)c2ccccc21. The van der Waals surface area contributed by atoms with E-state index in [1.807, 2.05) is 72.7 Å². The molecule has 0 amide bonds. The Balaban J connectivity index is -0.000000308. The molecule has 0 bridgehead atoms. The molecule has 0 aliphatic heterocycles. The van der Waals surface area contributed by atoms with Gasteiger partial charge < -0.3 is 10.5 Å². The van der Waals surface area contributed by atoms with Crippen LogP contribution in [-0.4, -0.2) is 17.4 Å². The minimum Gasteiger partial charge on any atom is -0.460 e. The second kappa shape index (κ2) is 15.4. The number of fused-ring (bicyclic) bond motifs is 1. The van der Waals surface area contributed by atoms with E-state index in [2.05, 4.69) is 12.8 Å². The molecule has 142 valence electrons. The molecular weight excluding hydrogens is 314 g/mol. The molecule has 0 saturated carbocycles. The van der Waals surface area contributed by atoms with Gasteiger partial charge in [-0.1, -0.05) is 52.0 Å². The van der Waals surface area contributed by atoms with Crippen molar-refractivity contribution in [2.45, 2.75) is 73.5 Å². The van der Waals surface area contributed by atoms with Crippen LogP contribution in [0.25, 0.3) is 0 Å². The molecule has 4 nitrogen and oxygen atoms in total. The lowest BCUT2D eigenvalue weighted by Gasteiger charge is -2.17. The van der Waals surface area contributed by atoms with Crippen LogP contribution in [0.5, 0.6) is 0 Å². The molecule has 0 fully saturated rings. The monoisotopic (exact) mass is 349 g/mol. The van der Waals surface area contributed by atoms with Gasteiger partial charge in [-0.3, -0.25) is 9.59 Å². The summed E-state index contributed by atoms with van der Waals surface area (Å²) in [6.07, 6.45) is 8.47. The molecular formula is C21H35NO3. The average Bonchev–Trinajstić information content (AvgIpc) is 2.87. The Labute approximate surface area is 154 Å². The first-order valence-corrected chi connectivity index (χ1v) is 8.61. The van der Waals surface area contributed by atoms with Gasteiger partial charge in [0.05, 0.1) is 0 Å². The van der Waals surface area contributed by atoms with Gasteiger partial charge in [0.2, 0.25) is 0 Å². The van der Waals surface area contributed by atoms with E-state index < -0.39 is 0 Å². The van der Waals surface area contributed by atoms with Crippen molar-refractivity contribution < 1.29 is 14.3 Å². The molecule has 1 aliphatic rings. The fourth-order valence-electron chi connectivity index (χ4n) is 1.93. The van der Waals surface area contributed by atoms with Crippen LogP contribution in [-0.2, 0) is 9.53 Å². The fourth-order valence-corrected chi connectivity index (χ4v) is 1.93. The van der Waals surface area contributed by atoms with Crippen molar-refractivity contribution in [1.82, 2.24) is 0 Å². The van der Waals surface area contributed by atoms with Crippen LogP contribution in [0.15, 0.2) is 24.3 Å². The van der Waals surface area contributed by atoms with Crippen LogP contribution >= 0.6 is 0 Å². The Morgan fingerprint density at radius 3 is 1.88 bits per heavy atom. The van der Waals surface area contributed by atoms with E-state index in [1.54, 1.807) is 0 Å². The van der Waals surface area contributed by atoms with Crippen molar-refractivity contribution in [1.29, 1.82) is 0 Å². The molecule has 0 radical (unpaired) electrons. The summed E-state index contributed by atoms with van der Waals surface area (Å²) in [6.45, 7) is 14.9. The van der Waals surface area contributed by atoms with Gasteiger partial charge in [0.1, 0.15) is 5.60 Å². The smallest absolute Gasteiger partial charge is 0.303 e. The molecule has 0 spiro atoms. The lowest BCUT2D eigenvalue weighted by Crippen LogP contribution is -2.21. The van der Waals surface area contributed by atoms with Crippen LogP contribution in [0.4, 0.5) is 0 Å². The number of benzene rings is 1. The molecule has 0 heterocycles. The van der Waals surface area contributed by atoms with E-state index >= 15 is 0 Å². The van der Waals surface area contributed by atoms with Gasteiger partial charge in [-0.05, 0) is 26.3 Å². The number of rotatable bonds is 0. The number of hydrogen-bond acceptors (Lipinski definition) is 4. The van der Waals surface area contributed by atoms with Gasteiger partial charge in [0, 0.05) is 24.9 Å². The highest BCUT2D eigenvalue weighted by atomic mass is 16.6. The second-order valence-electron chi connectivity index (χ2n) is 5.53. The van der Waals surface area contributed by atoms with E-state index in [1.165, 1.54) is 6.92 Å². The summed E-state index contributed by atoms with van der Waals surface area (Å²) < 4.78 is 4.80. The van der Waals surface area contributed by atoms with Crippen molar-refractivity contribution in [3.63, 3.8) is 0 Å². The highest BCUT2D eigenvalue weighted by molar-refractivity contribution is 6.01. The Morgan fingerprint density at radius 1 is 1.12 bits per heavy atom. The van der Waals surface area contributed by atoms with Crippen LogP contribution in [0.1, 0.15) is 83.8 Å². The zero-order valence-corrected chi connectivity index (χ0v) is 17.1. The van der Waals surface area contributed by atoms with E-state index in [-0.39, 0.29) is 23.4 Å². The predicted molar refractivity (Wildman–Crippen MR) is 106 cm³/mol. The summed E-state index contributed by atoms with van der Waals surface area (Å²) in [4.78, 5) is 21.4. The van der Waals surface area contributed by atoms with Gasteiger partial charge in [-0.15, -0.1) is 12.8 Å². The standard InChI is InChI=1S/C9H9NO.C6H12O2.2C2H6.C2H2/c10-8-5-9(11)7-4-2-1-3-6(7)8;1-5(7)8-6(2,3)4;3*1-2/h1-4,8H,5,10H2;1-4H3;2*1-2H3;1-2H. The first-order valence-electron chi connectivity index (χ1n) is 8.61. The average molecular weight is 350 g/mol. The molecule has 4 heteroatoms. The number of ether oxygens (including phenoxy) is 1. The molecule has 1 atom stereocenters. The van der Waals surface area contributed by atoms with E-state index in [9.17, 15) is 9.59 Å². The summed E-state index contributed by atoms with van der Waals surface area (Å²) >= 11 is 0. The first kappa shape index (κ1) is 27.7. The maximum atomic E-state index is 11.2. The third-order valence-electron chi connectivity index (χ3n) is 2.52. The van der Waals surface area contributed by atoms with E-state index in [4.69, 9.17) is 10.5 Å². The van der Waals surface area contributed by atoms with Gasteiger partial charge in [-0.25, -0.2) is 0 Å². The molecule has 0 aromatic heterocycles. The minimum absolute atomic E-state index is 0.0706. The number of carbonyl (C=O) groups excluding carboxylic acids is 2. The van der Waals surface area contributed by atoms with Crippen LogP contribution in [0, 0.1) is 12.8 Å². The number of carbonyl (C=O) groups is 2. The molecule has 1 aliphatic carbocycles. The van der Waals surface area contributed by atoms with Crippen LogP contribution in [0.2, 0.25) is 0 Å². The maximum Gasteiger partial charge on any atom is 0.303 e. The van der Waals surface area contributed by atoms with Gasteiger partial charge >= 0.3 is 5.97 Å². The van der Waals surface area contributed by atoms with Crippen LogP contribution < -0.4 is 5.73 Å². The summed E-state index contributed by atoms with van der Waals surface area (Å²) in [5.41, 5.74) is 7.19. The summed E-state index contributed by atoms with van der Waals surface area (Å²) in [6, 6.07) is 7.47. The molecule has 25 heavy (non-hydrogen) atoms. The lowest BCUT2D eigenvalue weighted by molar-refractivity contribution is -0.151. The third-order valence-corrected chi connectivity index (χ3v) is 2.52. The Bertz CT molecular complexity index is 513. The highest BCUT2D eigenvalue weighted by Gasteiger charge is 2.25. The molecule has 0 saturated heterocycles. The second-order valence-corrected chi connectivity index (χ2v) is 5.53. The van der Waals surface area contributed by atoms with Gasteiger partial charge in [-0.2, -0.15) is 0 Å². The Morgan fingerprint density at radius 2 is 1.56 bits per heavy atom. The Kier molecular flexibility index (Phi) is 17.1. The van der Waals surface area contributed by atoms with Gasteiger partial charge in [0.25, 0.3) is 0 Å². The normalized spacial score (nSPS) is 13.7. The third kappa shape index (κ3) is 12.9. The highest BCUT2D eigenvalue weighted by Crippen LogP contribution is 2.28. The first-order chi connectivity index (χ1) is 11.7. The largest absolute Gasteiger partial charge is 0.460 e. The predicted octanol–water partition coefficient (Wildman–Crippen LogP) is 4.92. The van der Waals surface area contributed by atoms with Crippen molar-refractivity contribution >= 4 is 11.8 Å². The topological polar surface area (TPSA) is 69.4 Å². The number of hydrogen-bond donors (Lipinski definition) is 1. The Hall–Kier alpha value is -2.12. The van der Waals surface area contributed by atoms with Crippen molar-refractivity contribution in [2.24, 2.45) is 5.73 Å². The van der Waals surface area contributed by atoms with Crippen LogP contribution in [0.3, 0.4) is 0 Å². The number of esters is 1. The van der Waals surface area contributed by atoms with E-state index in [0.717, 1.165) is 11.1 Å². The molecule has 1 aromatic rings. The molecule has 2 N–H and O–H groups in total. The summed E-state index contributed by atoms with van der Waals surface area (Å²) in [7, 11) is 0. The molecule has 2 rings (SSSR count). The number of terminal acetylenes is 1. The van der Waals surface area contributed by atoms with Crippen molar-refractivity contribution in [3.05, 3.63) is 35.4 Å². The quantitative estimate of drug-likeness (QED) is 0.533. The number of Topliss-reactive ketones (excluding diaryl/α,β-unsaturated/α-hetero) is 1. The number of ketones is 1. The van der Waals surface area contributed by atoms with E-state index in [0.29, 0.717) is 6.42 Å². The maximum absolute atomic E-state index is 11.2.